The van der Waals surface area contributed by atoms with Crippen LogP contribution in [0.25, 0.3) is 0 Å². The molecule has 1 aromatic heterocycles. The van der Waals surface area contributed by atoms with E-state index in [1.807, 2.05) is 0 Å². The summed E-state index contributed by atoms with van der Waals surface area (Å²) < 4.78 is 6.91. The van der Waals surface area contributed by atoms with Crippen molar-refractivity contribution in [3.63, 3.8) is 0 Å². The fourth-order valence-electron chi connectivity index (χ4n) is 3.04. The zero-order valence-corrected chi connectivity index (χ0v) is 13.6. The number of rotatable bonds is 8. The van der Waals surface area contributed by atoms with E-state index in [1.54, 1.807) is 25.0 Å². The van der Waals surface area contributed by atoms with Gasteiger partial charge in [-0.25, -0.2) is 0 Å². The van der Waals surface area contributed by atoms with Crippen LogP contribution in [0.15, 0.2) is 6.20 Å². The largest absolute Gasteiger partial charge is 0.493 e. The highest BCUT2D eigenvalue weighted by molar-refractivity contribution is 6.04. The molecule has 20 heavy (non-hydrogen) atoms. The Kier molecular flexibility index (Phi) is 5.74. The van der Waals surface area contributed by atoms with Gasteiger partial charge in [-0.1, -0.05) is 27.7 Å². The lowest BCUT2D eigenvalue weighted by Gasteiger charge is -2.40. The van der Waals surface area contributed by atoms with Gasteiger partial charge in [0.25, 0.3) is 0 Å². The molecular formula is C15H27N3O2. The first-order valence-corrected chi connectivity index (χ1v) is 7.38. The van der Waals surface area contributed by atoms with Gasteiger partial charge in [-0.3, -0.25) is 14.4 Å². The zero-order chi connectivity index (χ0) is 15.3. The predicted octanol–water partition coefficient (Wildman–Crippen LogP) is 2.51. The van der Waals surface area contributed by atoms with E-state index < -0.39 is 5.54 Å². The number of hydrogen-bond acceptors (Lipinski definition) is 4. The molecule has 0 unspecified atom stereocenters. The zero-order valence-electron chi connectivity index (χ0n) is 13.6. The Hall–Kier alpha value is -1.36. The molecular weight excluding hydrogens is 254 g/mol. The molecule has 0 aliphatic heterocycles. The van der Waals surface area contributed by atoms with Crippen molar-refractivity contribution in [1.29, 1.82) is 0 Å². The molecule has 5 heteroatoms. The van der Waals surface area contributed by atoms with Gasteiger partial charge >= 0.3 is 0 Å². The second-order valence-electron chi connectivity index (χ2n) is 4.93. The third-order valence-electron chi connectivity index (χ3n) is 4.30. The third-order valence-corrected chi connectivity index (χ3v) is 4.30. The number of methoxy groups -OCH3 is 1. The number of ketones is 1. The van der Waals surface area contributed by atoms with Crippen LogP contribution in [0.5, 0.6) is 5.75 Å². The minimum absolute atomic E-state index is 0.100. The van der Waals surface area contributed by atoms with Crippen LogP contribution >= 0.6 is 0 Å². The lowest BCUT2D eigenvalue weighted by molar-refractivity contribution is 0.0521. The van der Waals surface area contributed by atoms with E-state index in [1.165, 1.54) is 0 Å². The van der Waals surface area contributed by atoms with Crippen LogP contribution in [0.3, 0.4) is 0 Å². The summed E-state index contributed by atoms with van der Waals surface area (Å²) in [6.45, 7) is 10.0. The summed E-state index contributed by atoms with van der Waals surface area (Å²) in [6.07, 6.45) is 3.16. The van der Waals surface area contributed by atoms with Crippen LogP contribution in [0, 0.1) is 0 Å². The summed E-state index contributed by atoms with van der Waals surface area (Å²) in [5.74, 6) is 0.652. The predicted molar refractivity (Wildman–Crippen MR) is 80.3 cm³/mol. The topological polar surface area (TPSA) is 47.4 Å². The molecule has 1 heterocycles. The number of carbonyl (C=O) groups excluding carboxylic acids is 1. The lowest BCUT2D eigenvalue weighted by Crippen LogP contribution is -2.54. The molecule has 0 N–H and O–H groups in total. The van der Waals surface area contributed by atoms with Gasteiger partial charge in [0, 0.05) is 7.05 Å². The summed E-state index contributed by atoms with van der Waals surface area (Å²) in [5, 5.41) is 4.15. The van der Waals surface area contributed by atoms with Gasteiger partial charge in [-0.2, -0.15) is 5.10 Å². The number of hydrogen-bond donors (Lipinski definition) is 0. The average molecular weight is 281 g/mol. The summed E-state index contributed by atoms with van der Waals surface area (Å²) in [6, 6.07) is 0. The normalized spacial score (nSPS) is 11.9. The van der Waals surface area contributed by atoms with Gasteiger partial charge in [0.15, 0.2) is 5.75 Å². The Bertz CT molecular complexity index is 446. The van der Waals surface area contributed by atoms with E-state index in [4.69, 9.17) is 4.74 Å². The second kappa shape index (κ2) is 6.88. The SMILES string of the molecule is CCN(CC)C(CC)(CC)C(=O)c1c(OC)cnn1C. The van der Waals surface area contributed by atoms with E-state index in [2.05, 4.69) is 37.7 Å². The van der Waals surface area contributed by atoms with Crippen molar-refractivity contribution in [2.24, 2.45) is 7.05 Å². The first kappa shape index (κ1) is 16.7. The van der Waals surface area contributed by atoms with Crippen LogP contribution < -0.4 is 4.74 Å². The van der Waals surface area contributed by atoms with Crippen molar-refractivity contribution in [2.75, 3.05) is 20.2 Å². The molecule has 5 nitrogen and oxygen atoms in total. The van der Waals surface area contributed by atoms with Crippen molar-refractivity contribution < 1.29 is 9.53 Å². The number of likely N-dealkylation sites (N-methyl/N-ethyl adjacent to an activating group) is 1. The highest BCUT2D eigenvalue weighted by Gasteiger charge is 2.42. The highest BCUT2D eigenvalue weighted by Crippen LogP contribution is 2.31. The number of Topliss-reactive ketones (excluding diaryl/α,β-unsaturated/α-hetero) is 1. The fraction of sp³-hybridized carbons (Fsp3) is 0.733. The van der Waals surface area contributed by atoms with Crippen LogP contribution in [-0.2, 0) is 7.05 Å². The second-order valence-corrected chi connectivity index (χ2v) is 4.93. The molecule has 0 atom stereocenters. The van der Waals surface area contributed by atoms with Crippen molar-refractivity contribution in [1.82, 2.24) is 14.7 Å². The van der Waals surface area contributed by atoms with Crippen LogP contribution in [0.4, 0.5) is 0 Å². The van der Waals surface area contributed by atoms with Crippen molar-refractivity contribution in [2.45, 2.75) is 46.1 Å². The maximum absolute atomic E-state index is 13.2. The minimum atomic E-state index is -0.482. The van der Waals surface area contributed by atoms with Gasteiger partial charge < -0.3 is 4.74 Å². The molecule has 0 bridgehead atoms. The maximum Gasteiger partial charge on any atom is 0.204 e. The van der Waals surface area contributed by atoms with Crippen LogP contribution in [-0.4, -0.2) is 46.2 Å². The molecule has 0 aromatic carbocycles. The van der Waals surface area contributed by atoms with Gasteiger partial charge in [0.1, 0.15) is 5.69 Å². The van der Waals surface area contributed by atoms with Gasteiger partial charge in [0.05, 0.1) is 18.8 Å². The molecule has 0 fully saturated rings. The number of ether oxygens (including phenoxy) is 1. The van der Waals surface area contributed by atoms with Crippen LogP contribution in [0.1, 0.15) is 51.0 Å². The molecule has 0 aliphatic rings. The van der Waals surface area contributed by atoms with Crippen molar-refractivity contribution in [3.8, 4) is 5.75 Å². The Morgan fingerprint density at radius 2 is 1.85 bits per heavy atom. The molecule has 0 amide bonds. The summed E-state index contributed by atoms with van der Waals surface area (Å²) in [4.78, 5) is 15.4. The smallest absolute Gasteiger partial charge is 0.204 e. The van der Waals surface area contributed by atoms with E-state index >= 15 is 0 Å². The van der Waals surface area contributed by atoms with Crippen molar-refractivity contribution in [3.05, 3.63) is 11.9 Å². The maximum atomic E-state index is 13.2. The first-order chi connectivity index (χ1) is 9.52. The number of nitrogens with zero attached hydrogens (tertiary/aromatic N) is 3. The standard InChI is InChI=1S/C15H27N3O2/c1-7-15(8-2,18(9-3)10-4)14(19)13-12(20-6)11-16-17(13)5/h11H,7-10H2,1-6H3. The van der Waals surface area contributed by atoms with Gasteiger partial charge in [-0.05, 0) is 25.9 Å². The monoisotopic (exact) mass is 281 g/mol. The van der Waals surface area contributed by atoms with Crippen LogP contribution in [0.2, 0.25) is 0 Å². The van der Waals surface area contributed by atoms with Crippen molar-refractivity contribution >= 4 is 5.78 Å². The quantitative estimate of drug-likeness (QED) is 0.687. The molecule has 1 rings (SSSR count). The molecule has 0 aliphatic carbocycles. The number of aryl methyl sites for hydroxylation is 1. The van der Waals surface area contributed by atoms with Gasteiger partial charge in [0.2, 0.25) is 5.78 Å². The fourth-order valence-corrected chi connectivity index (χ4v) is 3.04. The average Bonchev–Trinajstić information content (AvgIpc) is 2.85. The molecule has 114 valence electrons. The summed E-state index contributed by atoms with van der Waals surface area (Å²) >= 11 is 0. The number of carbonyl (C=O) groups is 1. The Balaban J connectivity index is 3.34. The highest BCUT2D eigenvalue weighted by atomic mass is 16.5. The Morgan fingerprint density at radius 3 is 2.25 bits per heavy atom. The Labute approximate surface area is 121 Å². The van der Waals surface area contributed by atoms with E-state index in [0.29, 0.717) is 11.4 Å². The molecule has 0 saturated carbocycles. The van der Waals surface area contributed by atoms with E-state index in [-0.39, 0.29) is 5.78 Å². The van der Waals surface area contributed by atoms with E-state index in [0.717, 1.165) is 25.9 Å². The lowest BCUT2D eigenvalue weighted by atomic mass is 9.84. The third kappa shape index (κ3) is 2.59. The Morgan fingerprint density at radius 1 is 1.30 bits per heavy atom. The molecule has 0 radical (unpaired) electrons. The summed E-state index contributed by atoms with van der Waals surface area (Å²) in [7, 11) is 3.36. The summed E-state index contributed by atoms with van der Waals surface area (Å²) in [5.41, 5.74) is 0.0769. The minimum Gasteiger partial charge on any atom is -0.493 e. The number of aromatic nitrogens is 2. The molecule has 1 aromatic rings. The van der Waals surface area contributed by atoms with E-state index in [9.17, 15) is 4.79 Å². The van der Waals surface area contributed by atoms with Gasteiger partial charge in [-0.15, -0.1) is 0 Å². The first-order valence-electron chi connectivity index (χ1n) is 7.38. The molecule has 0 saturated heterocycles. The molecule has 0 spiro atoms.